The normalized spacial score (nSPS) is 32.2. The van der Waals surface area contributed by atoms with Crippen LogP contribution in [-0.4, -0.2) is 34.5 Å². The maximum atomic E-state index is 5.55. The highest BCUT2D eigenvalue weighted by Crippen LogP contribution is 2.48. The van der Waals surface area contributed by atoms with Crippen LogP contribution in [0.15, 0.2) is 24.4 Å². The van der Waals surface area contributed by atoms with E-state index in [0.29, 0.717) is 6.79 Å². The predicted molar refractivity (Wildman–Crippen MR) is 97.9 cm³/mol. The van der Waals surface area contributed by atoms with Gasteiger partial charge in [-0.15, -0.1) is 0 Å². The van der Waals surface area contributed by atoms with Gasteiger partial charge in [0.1, 0.15) is 0 Å². The van der Waals surface area contributed by atoms with E-state index in [2.05, 4.69) is 27.2 Å². The third-order valence-corrected chi connectivity index (χ3v) is 6.97. The standard InChI is InChI=1S/C21H25N3O2/c1-2-19-20(26-12-25-19)8-16(1)21-17(9-22-23-21)11-24-10-15-4-13-3-14(5-15)7-18(24)6-13/h1-2,8-9,13-15,18H,3-7,10-12H2,(H,22,23)/t13-,14+,15?,18?. The molecule has 3 aliphatic heterocycles. The molecule has 4 bridgehead atoms. The van der Waals surface area contributed by atoms with Gasteiger partial charge in [0.25, 0.3) is 0 Å². The SMILES string of the molecule is c1cc2c(cc1-c1[nH]ncc1CN1CC3C[C@@H]4CC1C[C@H](C3)C4)OCO2. The molecule has 4 fully saturated rings. The third-order valence-electron chi connectivity index (χ3n) is 6.97. The molecule has 4 heterocycles. The fourth-order valence-electron chi connectivity index (χ4n) is 6.03. The van der Waals surface area contributed by atoms with E-state index in [9.17, 15) is 0 Å². The lowest BCUT2D eigenvalue weighted by Gasteiger charge is -2.39. The van der Waals surface area contributed by atoms with E-state index in [1.54, 1.807) is 0 Å². The van der Waals surface area contributed by atoms with Gasteiger partial charge in [-0.05, 0) is 68.1 Å². The van der Waals surface area contributed by atoms with E-state index in [4.69, 9.17) is 9.47 Å². The highest BCUT2D eigenvalue weighted by Gasteiger charge is 2.42. The summed E-state index contributed by atoms with van der Waals surface area (Å²) in [6, 6.07) is 6.93. The average molecular weight is 351 g/mol. The number of benzene rings is 1. The highest BCUT2D eigenvalue weighted by molar-refractivity contribution is 5.66. The van der Waals surface area contributed by atoms with E-state index in [-0.39, 0.29) is 0 Å². The van der Waals surface area contributed by atoms with Gasteiger partial charge in [-0.25, -0.2) is 0 Å². The van der Waals surface area contributed by atoms with Crippen LogP contribution in [0.25, 0.3) is 11.3 Å². The number of aromatic amines is 1. The summed E-state index contributed by atoms with van der Waals surface area (Å²) < 4.78 is 11.0. The van der Waals surface area contributed by atoms with Crippen LogP contribution < -0.4 is 9.47 Å². The van der Waals surface area contributed by atoms with Crippen molar-refractivity contribution >= 4 is 0 Å². The summed E-state index contributed by atoms with van der Waals surface area (Å²) in [6.07, 6.45) is 9.24. The fraction of sp³-hybridized carbons (Fsp3) is 0.571. The van der Waals surface area contributed by atoms with Gasteiger partial charge in [0.05, 0.1) is 11.9 Å². The van der Waals surface area contributed by atoms with Crippen LogP contribution >= 0.6 is 0 Å². The second-order valence-corrected chi connectivity index (χ2v) is 8.70. The Morgan fingerprint density at radius 3 is 2.69 bits per heavy atom. The number of nitrogens with zero attached hydrogens (tertiary/aromatic N) is 2. The third kappa shape index (κ3) is 2.44. The number of ether oxygens (including phenoxy) is 2. The molecule has 1 aromatic carbocycles. The first-order chi connectivity index (χ1) is 12.8. The monoisotopic (exact) mass is 351 g/mol. The molecule has 5 heteroatoms. The first-order valence-corrected chi connectivity index (χ1v) is 9.98. The molecule has 136 valence electrons. The minimum absolute atomic E-state index is 0.313. The molecule has 0 amide bonds. The second-order valence-electron chi connectivity index (χ2n) is 8.70. The van der Waals surface area contributed by atoms with Gasteiger partial charge in [-0.3, -0.25) is 10.00 Å². The maximum absolute atomic E-state index is 5.55. The lowest BCUT2D eigenvalue weighted by atomic mass is 9.68. The molecule has 0 spiro atoms. The number of aromatic nitrogens is 2. The molecule has 1 aromatic heterocycles. The number of nitrogens with one attached hydrogen (secondary N) is 1. The van der Waals surface area contributed by atoms with Gasteiger partial charge in [0.2, 0.25) is 6.79 Å². The summed E-state index contributed by atoms with van der Waals surface area (Å²) >= 11 is 0. The van der Waals surface area contributed by atoms with Crippen molar-refractivity contribution in [2.75, 3.05) is 13.3 Å². The van der Waals surface area contributed by atoms with Crippen LogP contribution in [-0.2, 0) is 6.54 Å². The van der Waals surface area contributed by atoms with Crippen molar-refractivity contribution in [3.8, 4) is 22.8 Å². The van der Waals surface area contributed by atoms with Gasteiger partial charge in [0, 0.05) is 30.3 Å². The summed E-state index contributed by atoms with van der Waals surface area (Å²) in [4.78, 5) is 2.76. The Hall–Kier alpha value is -2.01. The minimum atomic E-state index is 0.313. The number of fused-ring (bicyclic) bond motifs is 2. The van der Waals surface area contributed by atoms with E-state index in [1.165, 1.54) is 44.2 Å². The second kappa shape index (κ2) is 5.74. The molecule has 2 aliphatic carbocycles. The Labute approximate surface area is 153 Å². The van der Waals surface area contributed by atoms with Gasteiger partial charge in [0.15, 0.2) is 11.5 Å². The lowest BCUT2D eigenvalue weighted by molar-refractivity contribution is 0.122. The molecule has 5 nitrogen and oxygen atoms in total. The van der Waals surface area contributed by atoms with Gasteiger partial charge < -0.3 is 9.47 Å². The molecule has 2 saturated heterocycles. The van der Waals surface area contributed by atoms with Crippen LogP contribution in [0.1, 0.15) is 37.7 Å². The highest BCUT2D eigenvalue weighted by atomic mass is 16.7. The number of hydrogen-bond donors (Lipinski definition) is 1. The van der Waals surface area contributed by atoms with Crippen molar-refractivity contribution < 1.29 is 9.47 Å². The predicted octanol–water partition coefficient (Wildman–Crippen LogP) is 3.82. The Morgan fingerprint density at radius 1 is 1.00 bits per heavy atom. The number of hydrogen-bond acceptors (Lipinski definition) is 4. The zero-order valence-corrected chi connectivity index (χ0v) is 15.0. The molecule has 1 N–H and O–H groups in total. The Morgan fingerprint density at radius 2 is 1.81 bits per heavy atom. The summed E-state index contributed by atoms with van der Waals surface area (Å²) in [5.74, 6) is 4.54. The van der Waals surface area contributed by atoms with Crippen molar-refractivity contribution in [2.45, 2.75) is 44.7 Å². The molecule has 2 saturated carbocycles. The molecule has 2 aromatic rings. The summed E-state index contributed by atoms with van der Waals surface area (Å²) in [7, 11) is 0. The van der Waals surface area contributed by atoms with Crippen molar-refractivity contribution in [3.05, 3.63) is 30.0 Å². The molecule has 26 heavy (non-hydrogen) atoms. The van der Waals surface area contributed by atoms with Gasteiger partial charge in [-0.2, -0.15) is 5.10 Å². The number of rotatable bonds is 3. The number of H-pyrrole nitrogens is 1. The molecule has 7 rings (SSSR count). The van der Waals surface area contributed by atoms with Crippen molar-refractivity contribution in [1.29, 1.82) is 0 Å². The Balaban J connectivity index is 1.28. The van der Waals surface area contributed by atoms with E-state index in [1.807, 2.05) is 12.3 Å². The summed E-state index contributed by atoms with van der Waals surface area (Å²) in [5, 5.41) is 7.59. The van der Waals surface area contributed by atoms with Crippen molar-refractivity contribution in [1.82, 2.24) is 15.1 Å². The van der Waals surface area contributed by atoms with Crippen LogP contribution in [0.3, 0.4) is 0 Å². The van der Waals surface area contributed by atoms with Crippen molar-refractivity contribution in [2.24, 2.45) is 17.8 Å². The van der Waals surface area contributed by atoms with E-state index in [0.717, 1.165) is 53.1 Å². The molecular formula is C21H25N3O2. The van der Waals surface area contributed by atoms with E-state index >= 15 is 0 Å². The van der Waals surface area contributed by atoms with Gasteiger partial charge in [-0.1, -0.05) is 0 Å². The maximum Gasteiger partial charge on any atom is 0.231 e. The molecule has 0 radical (unpaired) electrons. The van der Waals surface area contributed by atoms with Crippen LogP contribution in [0.4, 0.5) is 0 Å². The topological polar surface area (TPSA) is 50.4 Å². The first kappa shape index (κ1) is 15.1. The van der Waals surface area contributed by atoms with Crippen LogP contribution in [0.5, 0.6) is 11.5 Å². The smallest absolute Gasteiger partial charge is 0.231 e. The van der Waals surface area contributed by atoms with Crippen LogP contribution in [0.2, 0.25) is 0 Å². The zero-order valence-electron chi connectivity index (χ0n) is 15.0. The molecular weight excluding hydrogens is 326 g/mol. The minimum Gasteiger partial charge on any atom is -0.454 e. The first-order valence-electron chi connectivity index (χ1n) is 9.98. The quantitative estimate of drug-likeness (QED) is 0.913. The van der Waals surface area contributed by atoms with Crippen molar-refractivity contribution in [3.63, 3.8) is 0 Å². The molecule has 5 aliphatic rings. The van der Waals surface area contributed by atoms with E-state index < -0.39 is 0 Å². The fourth-order valence-corrected chi connectivity index (χ4v) is 6.03. The average Bonchev–Trinajstić information content (AvgIpc) is 3.24. The molecule has 2 unspecified atom stereocenters. The largest absolute Gasteiger partial charge is 0.454 e. The summed E-state index contributed by atoms with van der Waals surface area (Å²) in [6.45, 7) is 2.58. The summed E-state index contributed by atoms with van der Waals surface area (Å²) in [5.41, 5.74) is 3.54. The van der Waals surface area contributed by atoms with Gasteiger partial charge >= 0.3 is 0 Å². The Bertz CT molecular complexity index is 818. The Kier molecular flexibility index (Phi) is 3.33. The zero-order chi connectivity index (χ0) is 17.1. The lowest BCUT2D eigenvalue weighted by Crippen LogP contribution is -2.37. The molecule has 4 atom stereocenters. The van der Waals surface area contributed by atoms with Crippen LogP contribution in [0, 0.1) is 17.8 Å².